The molecule has 0 aromatic rings. The molecule has 0 aliphatic carbocycles. The zero-order chi connectivity index (χ0) is 36.8. The summed E-state index contributed by atoms with van der Waals surface area (Å²) in [5.74, 6) is 1.03. The van der Waals surface area contributed by atoms with Crippen molar-refractivity contribution in [2.75, 3.05) is 0 Å². The SMILES string of the molecule is CCCCCCCCCCCCCCCCCCCCCCCC(CCCCC)CCCCCCCCCCCCCCCCCCCCCC. The van der Waals surface area contributed by atoms with Gasteiger partial charge in [-0.2, -0.15) is 0 Å². The van der Waals surface area contributed by atoms with E-state index in [1.807, 2.05) is 0 Å². The molecule has 0 nitrogen and oxygen atoms in total. The van der Waals surface area contributed by atoms with Crippen LogP contribution in [0.5, 0.6) is 0 Å². The fraction of sp³-hybridized carbons (Fsp3) is 1.00. The molecule has 0 saturated carbocycles. The van der Waals surface area contributed by atoms with Crippen molar-refractivity contribution in [2.24, 2.45) is 5.92 Å². The minimum Gasteiger partial charge on any atom is -0.0654 e. The van der Waals surface area contributed by atoms with Crippen LogP contribution in [0.3, 0.4) is 0 Å². The van der Waals surface area contributed by atoms with Crippen molar-refractivity contribution in [1.82, 2.24) is 0 Å². The average Bonchev–Trinajstić information content (AvgIpc) is 3.14. The predicted molar refractivity (Wildman–Crippen MR) is 238 cm³/mol. The topological polar surface area (TPSA) is 0 Å². The predicted octanol–water partition coefficient (Wildman–Crippen LogP) is 20.0. The second-order valence-corrected chi connectivity index (χ2v) is 17.7. The number of rotatable bonds is 47. The number of hydrogen-bond donors (Lipinski definition) is 0. The second-order valence-electron chi connectivity index (χ2n) is 17.7. The standard InChI is InChI=1S/C51H104/c1-4-7-10-12-14-16-18-20-22-24-26-28-30-32-34-36-38-40-42-44-47-50-51(48-45-9-6-3)49-46-43-41-39-37-35-33-31-29-27-25-23-21-19-17-15-13-11-8-5-2/h51H,4-50H2,1-3H3. The van der Waals surface area contributed by atoms with Crippen molar-refractivity contribution in [3.05, 3.63) is 0 Å². The van der Waals surface area contributed by atoms with Crippen molar-refractivity contribution >= 4 is 0 Å². The first-order valence-corrected chi connectivity index (χ1v) is 25.3. The smallest absolute Gasteiger partial charge is 0.0414 e. The molecule has 0 amide bonds. The van der Waals surface area contributed by atoms with E-state index in [1.54, 1.807) is 0 Å². The third-order valence-electron chi connectivity index (χ3n) is 12.4. The summed E-state index contributed by atoms with van der Waals surface area (Å²) in [4.78, 5) is 0. The molecule has 0 rings (SSSR count). The maximum absolute atomic E-state index is 2.37. The molecule has 0 heterocycles. The third kappa shape index (κ3) is 46.1. The highest BCUT2D eigenvalue weighted by Gasteiger charge is 2.08. The normalized spacial score (nSPS) is 12.3. The van der Waals surface area contributed by atoms with Gasteiger partial charge in [-0.1, -0.05) is 323 Å². The van der Waals surface area contributed by atoms with E-state index >= 15 is 0 Å². The van der Waals surface area contributed by atoms with Gasteiger partial charge in [0.15, 0.2) is 0 Å². The third-order valence-corrected chi connectivity index (χ3v) is 12.4. The molecule has 0 fully saturated rings. The van der Waals surface area contributed by atoms with Crippen molar-refractivity contribution in [3.63, 3.8) is 0 Å². The van der Waals surface area contributed by atoms with Gasteiger partial charge in [-0.15, -0.1) is 0 Å². The Morgan fingerprint density at radius 3 is 0.451 bits per heavy atom. The van der Waals surface area contributed by atoms with Crippen LogP contribution in [0.1, 0.15) is 323 Å². The van der Waals surface area contributed by atoms with E-state index in [0.717, 1.165) is 5.92 Å². The zero-order valence-electron chi connectivity index (χ0n) is 36.8. The van der Waals surface area contributed by atoms with Gasteiger partial charge in [0.25, 0.3) is 0 Å². The van der Waals surface area contributed by atoms with Gasteiger partial charge in [-0.3, -0.25) is 0 Å². The molecule has 0 saturated heterocycles. The van der Waals surface area contributed by atoms with Gasteiger partial charge in [0, 0.05) is 0 Å². The summed E-state index contributed by atoms with van der Waals surface area (Å²) in [6, 6.07) is 0. The monoisotopic (exact) mass is 717 g/mol. The van der Waals surface area contributed by atoms with Gasteiger partial charge in [0.2, 0.25) is 0 Å². The molecule has 0 heteroatoms. The maximum Gasteiger partial charge on any atom is -0.0414 e. The van der Waals surface area contributed by atoms with Crippen molar-refractivity contribution < 1.29 is 0 Å². The van der Waals surface area contributed by atoms with E-state index in [-0.39, 0.29) is 0 Å². The number of hydrogen-bond acceptors (Lipinski definition) is 0. The molecule has 308 valence electrons. The quantitative estimate of drug-likeness (QED) is 0.0550. The molecule has 0 bridgehead atoms. The Balaban J connectivity index is 3.47. The summed E-state index contributed by atoms with van der Waals surface area (Å²) in [6.07, 6.45) is 69.8. The molecule has 0 N–H and O–H groups in total. The van der Waals surface area contributed by atoms with E-state index in [9.17, 15) is 0 Å². The van der Waals surface area contributed by atoms with Gasteiger partial charge in [-0.25, -0.2) is 0 Å². The lowest BCUT2D eigenvalue weighted by molar-refractivity contribution is 0.367. The minimum atomic E-state index is 1.03. The first-order valence-electron chi connectivity index (χ1n) is 25.3. The van der Waals surface area contributed by atoms with Crippen molar-refractivity contribution in [2.45, 2.75) is 323 Å². The molecule has 0 radical (unpaired) electrons. The van der Waals surface area contributed by atoms with Crippen molar-refractivity contribution in [3.8, 4) is 0 Å². The van der Waals surface area contributed by atoms with Crippen LogP contribution in [0.4, 0.5) is 0 Å². The van der Waals surface area contributed by atoms with Crippen molar-refractivity contribution in [1.29, 1.82) is 0 Å². The molecular weight excluding hydrogens is 613 g/mol. The second kappa shape index (κ2) is 48.0. The minimum absolute atomic E-state index is 1.03. The van der Waals surface area contributed by atoms with Crippen LogP contribution in [-0.2, 0) is 0 Å². The van der Waals surface area contributed by atoms with E-state index in [2.05, 4.69) is 20.8 Å². The first kappa shape index (κ1) is 51.0. The summed E-state index contributed by atoms with van der Waals surface area (Å²) in [5.41, 5.74) is 0. The lowest BCUT2D eigenvalue weighted by Crippen LogP contribution is -2.01. The van der Waals surface area contributed by atoms with Gasteiger partial charge in [-0.05, 0) is 5.92 Å². The molecule has 0 spiro atoms. The summed E-state index contributed by atoms with van der Waals surface area (Å²) in [5, 5.41) is 0. The Morgan fingerprint density at radius 2 is 0.275 bits per heavy atom. The summed E-state index contributed by atoms with van der Waals surface area (Å²) < 4.78 is 0. The van der Waals surface area contributed by atoms with Gasteiger partial charge in [0.1, 0.15) is 0 Å². The molecule has 51 heavy (non-hydrogen) atoms. The largest absolute Gasteiger partial charge is 0.0654 e. The van der Waals surface area contributed by atoms with E-state index in [4.69, 9.17) is 0 Å². The Bertz CT molecular complexity index is 564. The molecule has 0 aliphatic rings. The van der Waals surface area contributed by atoms with E-state index < -0.39 is 0 Å². The Hall–Kier alpha value is 0. The lowest BCUT2D eigenvalue weighted by Gasteiger charge is -2.17. The zero-order valence-corrected chi connectivity index (χ0v) is 36.8. The van der Waals surface area contributed by atoms with Crippen LogP contribution in [0.15, 0.2) is 0 Å². The lowest BCUT2D eigenvalue weighted by atomic mass is 9.89. The first-order chi connectivity index (χ1) is 25.3. The fourth-order valence-corrected chi connectivity index (χ4v) is 8.67. The maximum atomic E-state index is 2.37. The highest BCUT2D eigenvalue weighted by molar-refractivity contribution is 4.62. The molecule has 0 aliphatic heterocycles. The van der Waals surface area contributed by atoms with Crippen LogP contribution in [0, 0.1) is 5.92 Å². The van der Waals surface area contributed by atoms with E-state index in [1.165, 1.54) is 302 Å². The molecule has 1 unspecified atom stereocenters. The van der Waals surface area contributed by atoms with Crippen LogP contribution < -0.4 is 0 Å². The summed E-state index contributed by atoms with van der Waals surface area (Å²) >= 11 is 0. The van der Waals surface area contributed by atoms with Crippen LogP contribution in [0.25, 0.3) is 0 Å². The summed E-state index contributed by atoms with van der Waals surface area (Å²) in [6.45, 7) is 7.00. The number of unbranched alkanes of at least 4 members (excludes halogenated alkanes) is 41. The van der Waals surface area contributed by atoms with Gasteiger partial charge in [0.05, 0.1) is 0 Å². The van der Waals surface area contributed by atoms with Crippen LogP contribution in [-0.4, -0.2) is 0 Å². The Labute approximate surface area is 327 Å². The van der Waals surface area contributed by atoms with Gasteiger partial charge < -0.3 is 0 Å². The highest BCUT2D eigenvalue weighted by Crippen LogP contribution is 2.25. The van der Waals surface area contributed by atoms with Crippen LogP contribution in [0.2, 0.25) is 0 Å². The highest BCUT2D eigenvalue weighted by atomic mass is 14.1. The Morgan fingerprint density at radius 1 is 0.157 bits per heavy atom. The molecular formula is C51H104. The average molecular weight is 717 g/mol. The molecule has 0 aromatic carbocycles. The molecule has 1 atom stereocenters. The molecule has 0 aromatic heterocycles. The summed E-state index contributed by atoms with van der Waals surface area (Å²) in [7, 11) is 0. The Kier molecular flexibility index (Phi) is 48.0. The van der Waals surface area contributed by atoms with Gasteiger partial charge >= 0.3 is 0 Å². The van der Waals surface area contributed by atoms with Crippen LogP contribution >= 0.6 is 0 Å². The van der Waals surface area contributed by atoms with E-state index in [0.29, 0.717) is 0 Å². The fourth-order valence-electron chi connectivity index (χ4n) is 8.67.